The number of nitrogens with one attached hydrogen (secondary N) is 2. The van der Waals surface area contributed by atoms with Gasteiger partial charge in [0.15, 0.2) is 5.90 Å². The Morgan fingerprint density at radius 3 is 2.96 bits per heavy atom. The first-order valence-corrected chi connectivity index (χ1v) is 9.96. The summed E-state index contributed by atoms with van der Waals surface area (Å²) in [6.45, 7) is 2.73. The Morgan fingerprint density at radius 1 is 1.32 bits per heavy atom. The molecule has 0 amide bonds. The van der Waals surface area contributed by atoms with Crippen LogP contribution in [0.4, 0.5) is 0 Å². The highest BCUT2D eigenvalue weighted by Gasteiger charge is 2.34. The van der Waals surface area contributed by atoms with Crippen LogP contribution in [0.25, 0.3) is 11.0 Å². The molecule has 1 aromatic carbocycles. The molecule has 0 aliphatic heterocycles. The first kappa shape index (κ1) is 18.6. The van der Waals surface area contributed by atoms with E-state index < -0.39 is 0 Å². The van der Waals surface area contributed by atoms with Crippen molar-refractivity contribution in [3.8, 4) is 0 Å². The van der Waals surface area contributed by atoms with E-state index in [0.717, 1.165) is 48.2 Å². The highest BCUT2D eigenvalue weighted by molar-refractivity contribution is 5.78. The molecule has 2 atom stereocenters. The van der Waals surface area contributed by atoms with Crippen molar-refractivity contribution in [3.05, 3.63) is 59.7 Å². The summed E-state index contributed by atoms with van der Waals surface area (Å²) in [5.74, 6) is 1.20. The van der Waals surface area contributed by atoms with Crippen LogP contribution in [-0.2, 0) is 17.7 Å². The number of methoxy groups -OCH3 is 1. The minimum atomic E-state index is -0.115. The largest absolute Gasteiger partial charge is 0.483 e. The summed E-state index contributed by atoms with van der Waals surface area (Å²) in [5.41, 5.74) is 4.45. The molecule has 3 aromatic rings. The van der Waals surface area contributed by atoms with Crippen LogP contribution in [0.15, 0.2) is 42.6 Å². The monoisotopic (exact) mass is 377 g/mol. The molecular weight excluding hydrogens is 350 g/mol. The number of benzene rings is 1. The van der Waals surface area contributed by atoms with Gasteiger partial charge < -0.3 is 9.72 Å². The van der Waals surface area contributed by atoms with Crippen LogP contribution in [0.3, 0.4) is 0 Å². The van der Waals surface area contributed by atoms with Gasteiger partial charge in [-0.25, -0.2) is 4.98 Å². The third kappa shape index (κ3) is 3.52. The quantitative estimate of drug-likeness (QED) is 0.497. The van der Waals surface area contributed by atoms with Gasteiger partial charge in [-0.1, -0.05) is 25.1 Å². The lowest BCUT2D eigenvalue weighted by Gasteiger charge is -2.39. The van der Waals surface area contributed by atoms with E-state index in [-0.39, 0.29) is 12.1 Å². The van der Waals surface area contributed by atoms with Crippen LogP contribution in [0.2, 0.25) is 0 Å². The predicted octanol–water partition coefficient (Wildman–Crippen LogP) is 4.24. The van der Waals surface area contributed by atoms with Gasteiger partial charge in [-0.05, 0) is 49.4 Å². The summed E-state index contributed by atoms with van der Waals surface area (Å²) < 4.78 is 5.35. The van der Waals surface area contributed by atoms with Crippen LogP contribution in [0.1, 0.15) is 49.3 Å². The van der Waals surface area contributed by atoms with E-state index >= 15 is 0 Å². The van der Waals surface area contributed by atoms with E-state index in [9.17, 15) is 0 Å². The van der Waals surface area contributed by atoms with Crippen molar-refractivity contribution < 1.29 is 4.74 Å². The topological polar surface area (TPSA) is 77.9 Å². The number of aryl methyl sites for hydroxylation is 1. The summed E-state index contributed by atoms with van der Waals surface area (Å²) in [6.07, 6.45) is 5.88. The highest BCUT2D eigenvalue weighted by atomic mass is 16.5. The minimum Gasteiger partial charge on any atom is -0.483 e. The standard InChI is InChI=1S/C22H27N5O/c1-3-18(22(23)28-2)27(14-20-25-16-10-4-5-11-17(16)26-20)19-12-6-8-15-9-7-13-24-21(15)19/h4-5,7,9-11,13,18-19,23H,3,6,8,12,14H2,1-2H3,(H,25,26). The zero-order chi connectivity index (χ0) is 19.5. The highest BCUT2D eigenvalue weighted by Crippen LogP contribution is 2.35. The molecule has 28 heavy (non-hydrogen) atoms. The van der Waals surface area contributed by atoms with Gasteiger partial charge in [-0.2, -0.15) is 0 Å². The maximum absolute atomic E-state index is 8.39. The zero-order valence-corrected chi connectivity index (χ0v) is 16.5. The number of ether oxygens (including phenoxy) is 1. The Balaban J connectivity index is 1.73. The molecule has 0 radical (unpaired) electrons. The normalized spacial score (nSPS) is 17.5. The second kappa shape index (κ2) is 8.10. The van der Waals surface area contributed by atoms with Crippen molar-refractivity contribution in [1.82, 2.24) is 19.9 Å². The molecule has 2 heterocycles. The number of fused-ring (bicyclic) bond motifs is 2. The van der Waals surface area contributed by atoms with Gasteiger partial charge in [-0.15, -0.1) is 0 Å². The van der Waals surface area contributed by atoms with Gasteiger partial charge in [0.05, 0.1) is 42.5 Å². The van der Waals surface area contributed by atoms with Crippen molar-refractivity contribution in [2.45, 2.75) is 51.2 Å². The van der Waals surface area contributed by atoms with Crippen molar-refractivity contribution in [2.75, 3.05) is 7.11 Å². The molecule has 0 fully saturated rings. The number of imidazole rings is 1. The van der Waals surface area contributed by atoms with Crippen LogP contribution in [0, 0.1) is 5.41 Å². The van der Waals surface area contributed by atoms with E-state index in [1.807, 2.05) is 36.5 Å². The number of aromatic nitrogens is 3. The fourth-order valence-corrected chi connectivity index (χ4v) is 4.31. The second-order valence-electron chi connectivity index (χ2n) is 7.32. The fraction of sp³-hybridized carbons (Fsp3) is 0.409. The smallest absolute Gasteiger partial charge is 0.198 e. The van der Waals surface area contributed by atoms with Gasteiger partial charge in [0.2, 0.25) is 0 Å². The summed E-state index contributed by atoms with van der Waals surface area (Å²) >= 11 is 0. The molecule has 4 rings (SSSR count). The molecule has 2 N–H and O–H groups in total. The third-order valence-corrected chi connectivity index (χ3v) is 5.65. The summed E-state index contributed by atoms with van der Waals surface area (Å²) in [6, 6.07) is 12.3. The minimum absolute atomic E-state index is 0.115. The molecule has 2 unspecified atom stereocenters. The Hall–Kier alpha value is -2.73. The molecule has 0 spiro atoms. The summed E-state index contributed by atoms with van der Waals surface area (Å²) in [5, 5.41) is 8.39. The summed E-state index contributed by atoms with van der Waals surface area (Å²) in [7, 11) is 1.58. The number of nitrogens with zero attached hydrogens (tertiary/aromatic N) is 3. The van der Waals surface area contributed by atoms with E-state index in [0.29, 0.717) is 12.4 Å². The average molecular weight is 377 g/mol. The predicted molar refractivity (Wildman–Crippen MR) is 110 cm³/mol. The van der Waals surface area contributed by atoms with Crippen molar-refractivity contribution >= 4 is 16.9 Å². The van der Waals surface area contributed by atoms with Crippen molar-refractivity contribution in [1.29, 1.82) is 5.41 Å². The number of pyridine rings is 1. The Kier molecular flexibility index (Phi) is 5.39. The molecule has 1 aliphatic carbocycles. The lowest BCUT2D eigenvalue weighted by Crippen LogP contribution is -2.44. The first-order chi connectivity index (χ1) is 13.7. The number of aromatic amines is 1. The SMILES string of the molecule is CCC(C(=N)OC)N(Cc1nc2ccccc2[nH]1)C1CCCc2cccnc21. The molecule has 0 saturated heterocycles. The number of para-hydroxylation sites is 2. The number of rotatable bonds is 6. The molecule has 146 valence electrons. The molecule has 2 aromatic heterocycles. The Morgan fingerprint density at radius 2 is 2.18 bits per heavy atom. The van der Waals surface area contributed by atoms with Crippen LogP contribution in [0.5, 0.6) is 0 Å². The molecular formula is C22H27N5O. The molecule has 6 heteroatoms. The summed E-state index contributed by atoms with van der Waals surface area (Å²) in [4.78, 5) is 15.3. The number of hydrogen-bond acceptors (Lipinski definition) is 5. The lowest BCUT2D eigenvalue weighted by molar-refractivity contribution is 0.120. The molecule has 0 bridgehead atoms. The number of H-pyrrole nitrogens is 1. The van der Waals surface area contributed by atoms with E-state index in [4.69, 9.17) is 20.1 Å². The Bertz CT molecular complexity index is 933. The second-order valence-corrected chi connectivity index (χ2v) is 7.32. The van der Waals surface area contributed by atoms with Gasteiger partial charge in [0.25, 0.3) is 0 Å². The van der Waals surface area contributed by atoms with Crippen LogP contribution >= 0.6 is 0 Å². The lowest BCUT2D eigenvalue weighted by atomic mass is 9.89. The fourth-order valence-electron chi connectivity index (χ4n) is 4.31. The van der Waals surface area contributed by atoms with Crippen LogP contribution < -0.4 is 0 Å². The molecule has 6 nitrogen and oxygen atoms in total. The average Bonchev–Trinajstić information content (AvgIpc) is 3.15. The van der Waals surface area contributed by atoms with Gasteiger partial charge >= 0.3 is 0 Å². The van der Waals surface area contributed by atoms with Crippen molar-refractivity contribution in [3.63, 3.8) is 0 Å². The Labute approximate surface area is 165 Å². The molecule has 0 saturated carbocycles. The maximum atomic E-state index is 8.39. The van der Waals surface area contributed by atoms with E-state index in [1.165, 1.54) is 5.56 Å². The van der Waals surface area contributed by atoms with Crippen molar-refractivity contribution in [2.24, 2.45) is 0 Å². The van der Waals surface area contributed by atoms with Gasteiger partial charge in [0.1, 0.15) is 5.82 Å². The van der Waals surface area contributed by atoms with Gasteiger partial charge in [-0.3, -0.25) is 15.3 Å². The van der Waals surface area contributed by atoms with E-state index in [2.05, 4.69) is 22.9 Å². The maximum Gasteiger partial charge on any atom is 0.198 e. The first-order valence-electron chi connectivity index (χ1n) is 9.96. The zero-order valence-electron chi connectivity index (χ0n) is 16.5. The van der Waals surface area contributed by atoms with Gasteiger partial charge in [0, 0.05) is 6.20 Å². The molecule has 1 aliphatic rings. The van der Waals surface area contributed by atoms with E-state index in [1.54, 1.807) is 7.11 Å². The third-order valence-electron chi connectivity index (χ3n) is 5.65. The number of hydrogen-bond donors (Lipinski definition) is 2. The van der Waals surface area contributed by atoms with Crippen LogP contribution in [-0.4, -0.2) is 38.9 Å².